The predicted octanol–water partition coefficient (Wildman–Crippen LogP) is 2.56. The minimum Gasteiger partial charge on any atom is -0.469 e. The van der Waals surface area contributed by atoms with E-state index in [4.69, 9.17) is 9.47 Å². The molecule has 0 N–H and O–H groups in total. The van der Waals surface area contributed by atoms with Crippen LogP contribution in [0.2, 0.25) is 0 Å². The summed E-state index contributed by atoms with van der Waals surface area (Å²) < 4.78 is 9.64. The van der Waals surface area contributed by atoms with E-state index >= 15 is 0 Å². The first-order valence-corrected chi connectivity index (χ1v) is 5.96. The van der Waals surface area contributed by atoms with E-state index in [1.165, 1.54) is 14.2 Å². The first-order valence-electron chi connectivity index (χ1n) is 5.96. The molecular weight excluding hydrogens is 220 g/mol. The lowest BCUT2D eigenvalue weighted by molar-refractivity contribution is -0.160. The summed E-state index contributed by atoms with van der Waals surface area (Å²) in [6.45, 7) is 7.50. The molecule has 0 aliphatic carbocycles. The van der Waals surface area contributed by atoms with Crippen molar-refractivity contribution in [3.05, 3.63) is 0 Å². The minimum atomic E-state index is -0.645. The van der Waals surface area contributed by atoms with Gasteiger partial charge in [0.25, 0.3) is 0 Å². The van der Waals surface area contributed by atoms with Gasteiger partial charge in [0, 0.05) is 0 Å². The molecule has 4 nitrogen and oxygen atoms in total. The van der Waals surface area contributed by atoms with Crippen molar-refractivity contribution < 1.29 is 19.1 Å². The Labute approximate surface area is 104 Å². The van der Waals surface area contributed by atoms with Crippen molar-refractivity contribution in [3.8, 4) is 0 Å². The average Bonchev–Trinajstić information content (AvgIpc) is 2.35. The van der Waals surface area contributed by atoms with Gasteiger partial charge in [0.1, 0.15) is 0 Å². The van der Waals surface area contributed by atoms with Crippen LogP contribution in [-0.4, -0.2) is 26.2 Å². The molecule has 0 saturated carbocycles. The smallest absolute Gasteiger partial charge is 0.311 e. The molecule has 0 aliphatic heterocycles. The average molecular weight is 244 g/mol. The SMILES string of the molecule is CCC(C)(C[C@@](C)(CC)C(=O)OC)C(=O)OC. The molecule has 0 aliphatic rings. The van der Waals surface area contributed by atoms with Gasteiger partial charge >= 0.3 is 11.9 Å². The first-order chi connectivity index (χ1) is 7.79. The van der Waals surface area contributed by atoms with Crippen LogP contribution < -0.4 is 0 Å². The highest BCUT2D eigenvalue weighted by molar-refractivity contribution is 5.80. The second-order valence-electron chi connectivity index (χ2n) is 4.99. The fraction of sp³-hybridized carbons (Fsp3) is 0.846. The summed E-state index contributed by atoms with van der Waals surface area (Å²) in [4.78, 5) is 23.6. The van der Waals surface area contributed by atoms with E-state index in [2.05, 4.69) is 0 Å². The van der Waals surface area contributed by atoms with Gasteiger partial charge in [0.15, 0.2) is 0 Å². The maximum absolute atomic E-state index is 11.8. The molecule has 100 valence electrons. The van der Waals surface area contributed by atoms with Gasteiger partial charge in [0.2, 0.25) is 0 Å². The van der Waals surface area contributed by atoms with Crippen LogP contribution in [0.25, 0.3) is 0 Å². The van der Waals surface area contributed by atoms with Crippen LogP contribution in [-0.2, 0) is 19.1 Å². The van der Waals surface area contributed by atoms with Gasteiger partial charge in [-0.3, -0.25) is 9.59 Å². The van der Waals surface area contributed by atoms with Crippen LogP contribution in [0, 0.1) is 10.8 Å². The summed E-state index contributed by atoms with van der Waals surface area (Å²) in [6, 6.07) is 0. The topological polar surface area (TPSA) is 52.6 Å². The zero-order valence-corrected chi connectivity index (χ0v) is 11.8. The van der Waals surface area contributed by atoms with Crippen molar-refractivity contribution in [1.29, 1.82) is 0 Å². The van der Waals surface area contributed by atoms with Gasteiger partial charge in [-0.1, -0.05) is 13.8 Å². The number of methoxy groups -OCH3 is 2. The molecule has 0 aromatic carbocycles. The van der Waals surface area contributed by atoms with Gasteiger partial charge in [-0.2, -0.15) is 0 Å². The fourth-order valence-electron chi connectivity index (χ4n) is 2.04. The molecule has 0 bridgehead atoms. The number of carbonyl (C=O) groups excluding carboxylic acids is 2. The lowest BCUT2D eigenvalue weighted by Gasteiger charge is -2.34. The van der Waals surface area contributed by atoms with Crippen LogP contribution in [0.5, 0.6) is 0 Å². The highest BCUT2D eigenvalue weighted by atomic mass is 16.5. The Hall–Kier alpha value is -1.06. The monoisotopic (exact) mass is 244 g/mol. The molecular formula is C13H24O4. The first kappa shape index (κ1) is 15.9. The molecule has 4 heteroatoms. The number of ether oxygens (including phenoxy) is 2. The third kappa shape index (κ3) is 3.45. The summed E-state index contributed by atoms with van der Waals surface area (Å²) in [7, 11) is 2.75. The van der Waals surface area contributed by atoms with Crippen molar-refractivity contribution in [3.63, 3.8) is 0 Å². The number of hydrogen-bond acceptors (Lipinski definition) is 4. The van der Waals surface area contributed by atoms with Crippen molar-refractivity contribution in [2.24, 2.45) is 10.8 Å². The molecule has 2 atom stereocenters. The Morgan fingerprint density at radius 3 is 1.35 bits per heavy atom. The zero-order chi connectivity index (χ0) is 13.7. The second kappa shape index (κ2) is 6.03. The van der Waals surface area contributed by atoms with Gasteiger partial charge in [0.05, 0.1) is 25.0 Å². The maximum Gasteiger partial charge on any atom is 0.311 e. The van der Waals surface area contributed by atoms with Crippen LogP contribution in [0.1, 0.15) is 47.0 Å². The van der Waals surface area contributed by atoms with E-state index in [0.29, 0.717) is 19.3 Å². The lowest BCUT2D eigenvalue weighted by atomic mass is 9.70. The summed E-state index contributed by atoms with van der Waals surface area (Å²) in [5.74, 6) is -0.549. The molecule has 17 heavy (non-hydrogen) atoms. The van der Waals surface area contributed by atoms with Gasteiger partial charge in [-0.05, 0) is 33.1 Å². The van der Waals surface area contributed by atoms with Crippen LogP contribution >= 0.6 is 0 Å². The second-order valence-corrected chi connectivity index (χ2v) is 4.99. The summed E-state index contributed by atoms with van der Waals surface area (Å²) in [6.07, 6.45) is 1.70. The summed E-state index contributed by atoms with van der Waals surface area (Å²) >= 11 is 0. The highest BCUT2D eigenvalue weighted by Crippen LogP contribution is 2.40. The van der Waals surface area contributed by atoms with E-state index in [1.54, 1.807) is 0 Å². The molecule has 0 rings (SSSR count). The minimum absolute atomic E-state index is 0.274. The van der Waals surface area contributed by atoms with E-state index < -0.39 is 10.8 Å². The molecule has 0 aromatic rings. The lowest BCUT2D eigenvalue weighted by Crippen LogP contribution is -2.39. The van der Waals surface area contributed by atoms with E-state index in [0.717, 1.165) is 0 Å². The van der Waals surface area contributed by atoms with E-state index in [1.807, 2.05) is 27.7 Å². The van der Waals surface area contributed by atoms with Crippen LogP contribution in [0.15, 0.2) is 0 Å². The number of rotatable bonds is 6. The van der Waals surface area contributed by atoms with Gasteiger partial charge in [-0.25, -0.2) is 0 Å². The Morgan fingerprint density at radius 1 is 0.882 bits per heavy atom. The quantitative estimate of drug-likeness (QED) is 0.674. The molecule has 0 fully saturated rings. The molecule has 1 unspecified atom stereocenters. The Kier molecular flexibility index (Phi) is 5.66. The summed E-state index contributed by atoms with van der Waals surface area (Å²) in [5, 5.41) is 0. The number of carbonyl (C=O) groups is 2. The molecule has 0 radical (unpaired) electrons. The van der Waals surface area contributed by atoms with Crippen molar-refractivity contribution in [1.82, 2.24) is 0 Å². The fourth-order valence-corrected chi connectivity index (χ4v) is 2.04. The normalized spacial score (nSPS) is 17.8. The number of hydrogen-bond donors (Lipinski definition) is 0. The van der Waals surface area contributed by atoms with E-state index in [-0.39, 0.29) is 11.9 Å². The molecule has 0 saturated heterocycles. The number of esters is 2. The third-order valence-electron chi connectivity index (χ3n) is 3.70. The zero-order valence-electron chi connectivity index (χ0n) is 11.8. The van der Waals surface area contributed by atoms with Gasteiger partial charge in [-0.15, -0.1) is 0 Å². The van der Waals surface area contributed by atoms with Crippen molar-refractivity contribution in [2.75, 3.05) is 14.2 Å². The Bertz CT molecular complexity index is 259. The van der Waals surface area contributed by atoms with E-state index in [9.17, 15) is 9.59 Å². The third-order valence-corrected chi connectivity index (χ3v) is 3.70. The standard InChI is InChI=1S/C13H24O4/c1-7-12(3,10(14)16-5)9-13(4,8-2)11(15)17-6/h7-9H2,1-6H3/t12-,13?/m1/s1. The largest absolute Gasteiger partial charge is 0.469 e. The Morgan fingerprint density at radius 2 is 1.18 bits per heavy atom. The Balaban J connectivity index is 5.10. The van der Waals surface area contributed by atoms with Crippen LogP contribution in [0.4, 0.5) is 0 Å². The highest BCUT2D eigenvalue weighted by Gasteiger charge is 2.44. The molecule has 0 amide bonds. The predicted molar refractivity (Wildman–Crippen MR) is 65.4 cm³/mol. The maximum atomic E-state index is 11.8. The molecule has 0 aromatic heterocycles. The van der Waals surface area contributed by atoms with Gasteiger partial charge < -0.3 is 9.47 Å². The summed E-state index contributed by atoms with van der Waals surface area (Å²) in [5.41, 5.74) is -1.29. The van der Waals surface area contributed by atoms with Crippen molar-refractivity contribution >= 4 is 11.9 Å². The molecule has 0 heterocycles. The van der Waals surface area contributed by atoms with Crippen LogP contribution in [0.3, 0.4) is 0 Å². The molecule has 0 spiro atoms. The van der Waals surface area contributed by atoms with Crippen molar-refractivity contribution in [2.45, 2.75) is 47.0 Å².